The van der Waals surface area contributed by atoms with Crippen LogP contribution in [-0.2, 0) is 0 Å². The van der Waals surface area contributed by atoms with Gasteiger partial charge < -0.3 is 19.4 Å². The average Bonchev–Trinajstić information content (AvgIpc) is 3.22. The topological polar surface area (TPSA) is 64.4 Å². The van der Waals surface area contributed by atoms with E-state index in [1.165, 1.54) is 42.6 Å². The highest BCUT2D eigenvalue weighted by Crippen LogP contribution is 2.29. The van der Waals surface area contributed by atoms with E-state index >= 15 is 0 Å². The predicted octanol–water partition coefficient (Wildman–Crippen LogP) is 6.00. The summed E-state index contributed by atoms with van der Waals surface area (Å²) < 4.78 is 15.2. The number of H-pyrrole nitrogens is 1. The number of nitrogens with one attached hydrogen (secondary N) is 1. The molecule has 2 heterocycles. The minimum atomic E-state index is -0.256. The highest BCUT2D eigenvalue weighted by Gasteiger charge is 2.17. The van der Waals surface area contributed by atoms with Crippen molar-refractivity contribution < 1.29 is 9.47 Å². The Bertz CT molecular complexity index is 1450. The standard InChI is InChI=1S/C19H15N3O3S3.C6H15N/c1-24-12-8-9-13(14(10-12)25-2)22-17(23)15-16(20-18(22)26)21(19(27)28-15)11-6-4-3-5-7-11;1-4-7(5-2)6-3/h3-10H,1-2H3,(H,20,26);4-6H2,1-3H3. The SMILES string of the molecule is CCN(CC)CC.COc1ccc(-n2c(=S)[nH]c3c(sc(=S)n3-c3ccccc3)c2=O)c(OC)c1. The van der Waals surface area contributed by atoms with Crippen molar-refractivity contribution in [2.45, 2.75) is 20.8 Å². The summed E-state index contributed by atoms with van der Waals surface area (Å²) in [6, 6.07) is 14.8. The molecule has 0 aliphatic heterocycles. The number of fused-ring (bicyclic) bond motifs is 1. The number of aromatic amines is 1. The Balaban J connectivity index is 0.000000429. The molecular formula is C25H30N4O3S3. The second kappa shape index (κ2) is 12.3. The molecule has 0 saturated heterocycles. The van der Waals surface area contributed by atoms with E-state index in [9.17, 15) is 4.79 Å². The Morgan fingerprint density at radius 1 is 0.943 bits per heavy atom. The predicted molar refractivity (Wildman–Crippen MR) is 149 cm³/mol. The van der Waals surface area contributed by atoms with Gasteiger partial charge in [0.1, 0.15) is 21.8 Å². The van der Waals surface area contributed by atoms with Crippen molar-refractivity contribution in [3.8, 4) is 22.9 Å². The summed E-state index contributed by atoms with van der Waals surface area (Å²) in [6.45, 7) is 10.1. The van der Waals surface area contributed by atoms with Crippen molar-refractivity contribution in [2.24, 2.45) is 0 Å². The summed E-state index contributed by atoms with van der Waals surface area (Å²) in [5.74, 6) is 1.10. The van der Waals surface area contributed by atoms with E-state index in [0.717, 1.165) is 5.69 Å². The number of hydrogen-bond acceptors (Lipinski definition) is 7. The lowest BCUT2D eigenvalue weighted by Gasteiger charge is -2.13. The Morgan fingerprint density at radius 3 is 2.14 bits per heavy atom. The van der Waals surface area contributed by atoms with Crippen molar-refractivity contribution >= 4 is 46.1 Å². The normalized spacial score (nSPS) is 10.8. The molecule has 35 heavy (non-hydrogen) atoms. The van der Waals surface area contributed by atoms with E-state index < -0.39 is 0 Å². The third-order valence-electron chi connectivity index (χ3n) is 5.62. The Morgan fingerprint density at radius 2 is 1.60 bits per heavy atom. The van der Waals surface area contributed by atoms with Crippen LogP contribution in [0, 0.1) is 8.73 Å². The van der Waals surface area contributed by atoms with E-state index in [4.69, 9.17) is 33.9 Å². The third-order valence-corrected chi connectivity index (χ3v) is 7.27. The monoisotopic (exact) mass is 530 g/mol. The molecule has 1 N–H and O–H groups in total. The lowest BCUT2D eigenvalue weighted by molar-refractivity contribution is 0.321. The number of methoxy groups -OCH3 is 2. The smallest absolute Gasteiger partial charge is 0.278 e. The van der Waals surface area contributed by atoms with Gasteiger partial charge in [-0.15, -0.1) is 0 Å². The van der Waals surface area contributed by atoms with Gasteiger partial charge in [-0.3, -0.25) is 9.36 Å². The summed E-state index contributed by atoms with van der Waals surface area (Å²) in [5, 5.41) is 0. The number of ether oxygens (including phenoxy) is 2. The minimum absolute atomic E-state index is 0.249. The zero-order valence-electron chi connectivity index (χ0n) is 20.5. The highest BCUT2D eigenvalue weighted by molar-refractivity contribution is 7.73. The van der Waals surface area contributed by atoms with E-state index in [0.29, 0.717) is 31.5 Å². The lowest BCUT2D eigenvalue weighted by Crippen LogP contribution is -2.21. The quantitative estimate of drug-likeness (QED) is 0.296. The number of para-hydroxylation sites is 1. The molecule has 186 valence electrons. The van der Waals surface area contributed by atoms with Crippen LogP contribution in [0.15, 0.2) is 53.3 Å². The summed E-state index contributed by atoms with van der Waals surface area (Å²) in [7, 11) is 3.10. The number of hydrogen-bond donors (Lipinski definition) is 1. The largest absolute Gasteiger partial charge is 0.497 e. The zero-order chi connectivity index (χ0) is 25.5. The fraction of sp³-hybridized carbons (Fsp3) is 0.320. The van der Waals surface area contributed by atoms with Crippen LogP contribution in [0.5, 0.6) is 11.5 Å². The molecule has 2 aromatic heterocycles. The number of nitrogens with zero attached hydrogens (tertiary/aromatic N) is 3. The molecule has 4 rings (SSSR count). The Labute approximate surface area is 219 Å². The molecular weight excluding hydrogens is 501 g/mol. The molecule has 0 atom stereocenters. The van der Waals surface area contributed by atoms with Gasteiger partial charge >= 0.3 is 0 Å². The molecule has 0 aliphatic carbocycles. The van der Waals surface area contributed by atoms with Gasteiger partial charge in [-0.25, -0.2) is 4.57 Å². The third kappa shape index (κ3) is 5.72. The molecule has 0 bridgehead atoms. The molecule has 0 fully saturated rings. The molecule has 2 aromatic carbocycles. The first kappa shape index (κ1) is 26.8. The van der Waals surface area contributed by atoms with Crippen molar-refractivity contribution in [1.29, 1.82) is 0 Å². The molecule has 0 radical (unpaired) electrons. The second-order valence-electron chi connectivity index (χ2n) is 7.44. The molecule has 0 spiro atoms. The fourth-order valence-corrected chi connectivity index (χ4v) is 5.26. The summed E-state index contributed by atoms with van der Waals surface area (Å²) in [5.41, 5.74) is 1.72. The van der Waals surface area contributed by atoms with E-state index in [-0.39, 0.29) is 10.3 Å². The van der Waals surface area contributed by atoms with Crippen LogP contribution in [0.1, 0.15) is 20.8 Å². The van der Waals surface area contributed by atoms with Crippen molar-refractivity contribution in [3.05, 3.63) is 67.6 Å². The summed E-state index contributed by atoms with van der Waals surface area (Å²) >= 11 is 12.3. The van der Waals surface area contributed by atoms with E-state index in [1.54, 1.807) is 25.3 Å². The summed E-state index contributed by atoms with van der Waals surface area (Å²) in [6.07, 6.45) is 0. The lowest BCUT2D eigenvalue weighted by atomic mass is 10.2. The second-order valence-corrected chi connectivity index (χ2v) is 9.48. The van der Waals surface area contributed by atoms with Gasteiger partial charge in [-0.2, -0.15) is 0 Å². The first-order chi connectivity index (χ1) is 16.9. The van der Waals surface area contributed by atoms with Gasteiger partial charge in [0.2, 0.25) is 0 Å². The van der Waals surface area contributed by atoms with Gasteiger partial charge in [0, 0.05) is 11.8 Å². The molecule has 4 aromatic rings. The van der Waals surface area contributed by atoms with Gasteiger partial charge in [-0.1, -0.05) is 50.3 Å². The maximum atomic E-state index is 13.3. The van der Waals surface area contributed by atoms with E-state index in [1.807, 2.05) is 34.9 Å². The van der Waals surface area contributed by atoms with Crippen LogP contribution in [0.25, 0.3) is 21.7 Å². The summed E-state index contributed by atoms with van der Waals surface area (Å²) in [4.78, 5) is 18.8. The Kier molecular flexibility index (Phi) is 9.39. The number of rotatable bonds is 7. The van der Waals surface area contributed by atoms with Gasteiger partial charge in [0.15, 0.2) is 8.73 Å². The van der Waals surface area contributed by atoms with Gasteiger partial charge in [-0.05, 0) is 68.3 Å². The molecule has 0 unspecified atom stereocenters. The molecule has 0 amide bonds. The average molecular weight is 531 g/mol. The van der Waals surface area contributed by atoms with Crippen molar-refractivity contribution in [2.75, 3.05) is 33.9 Å². The van der Waals surface area contributed by atoms with Crippen molar-refractivity contribution in [1.82, 2.24) is 19.0 Å². The van der Waals surface area contributed by atoms with Gasteiger partial charge in [0.25, 0.3) is 5.56 Å². The first-order valence-electron chi connectivity index (χ1n) is 11.3. The van der Waals surface area contributed by atoms with Crippen molar-refractivity contribution in [3.63, 3.8) is 0 Å². The maximum Gasteiger partial charge on any atom is 0.278 e. The zero-order valence-corrected chi connectivity index (χ0v) is 23.0. The molecule has 0 aliphatic rings. The first-order valence-corrected chi connectivity index (χ1v) is 12.9. The minimum Gasteiger partial charge on any atom is -0.497 e. The number of thiazole rings is 1. The molecule has 10 heteroatoms. The van der Waals surface area contributed by atoms with Gasteiger partial charge in [0.05, 0.1) is 19.9 Å². The van der Waals surface area contributed by atoms with Crippen LogP contribution < -0.4 is 15.0 Å². The van der Waals surface area contributed by atoms with E-state index in [2.05, 4.69) is 30.7 Å². The molecule has 7 nitrogen and oxygen atoms in total. The number of aromatic nitrogens is 3. The maximum absolute atomic E-state index is 13.3. The van der Waals surface area contributed by atoms with Crippen LogP contribution in [0.3, 0.4) is 0 Å². The van der Waals surface area contributed by atoms with Crippen LogP contribution in [-0.4, -0.2) is 52.9 Å². The van der Waals surface area contributed by atoms with Crippen LogP contribution in [0.4, 0.5) is 0 Å². The highest BCUT2D eigenvalue weighted by atomic mass is 32.1. The molecule has 0 saturated carbocycles. The van der Waals surface area contributed by atoms with Crippen LogP contribution in [0.2, 0.25) is 0 Å². The van der Waals surface area contributed by atoms with Crippen LogP contribution >= 0.6 is 35.8 Å². The number of benzene rings is 2. The fourth-order valence-electron chi connectivity index (χ4n) is 3.65. The Hall–Kier alpha value is -2.79.